The third kappa shape index (κ3) is 2.52. The Bertz CT molecular complexity index is 620. The van der Waals surface area contributed by atoms with Gasteiger partial charge in [-0.2, -0.15) is 5.26 Å². The lowest BCUT2D eigenvalue weighted by Gasteiger charge is -2.08. The summed E-state index contributed by atoms with van der Waals surface area (Å²) in [6.07, 6.45) is 1.72. The average molecular weight is 241 g/mol. The number of aromatic amines is 1. The van der Waals surface area contributed by atoms with Crippen molar-refractivity contribution in [3.8, 4) is 6.07 Å². The highest BCUT2D eigenvalue weighted by Gasteiger charge is 2.03. The number of hydrogen-bond acceptors (Lipinski definition) is 3. The number of anilines is 2. The van der Waals surface area contributed by atoms with Gasteiger partial charge in [-0.05, 0) is 25.1 Å². The molecule has 3 nitrogen and oxygen atoms in total. The van der Waals surface area contributed by atoms with E-state index in [4.69, 9.17) is 17.5 Å². The topological polar surface area (TPSA) is 51.6 Å². The van der Waals surface area contributed by atoms with E-state index in [1.807, 2.05) is 31.2 Å². The molecular weight excluding hydrogens is 230 g/mol. The summed E-state index contributed by atoms with van der Waals surface area (Å²) >= 11 is 5.06. The van der Waals surface area contributed by atoms with E-state index in [9.17, 15) is 0 Å². The minimum absolute atomic E-state index is 0.449. The molecule has 2 aromatic rings. The lowest BCUT2D eigenvalue weighted by molar-refractivity contribution is 1.27. The van der Waals surface area contributed by atoms with Gasteiger partial charge >= 0.3 is 0 Å². The first-order valence-corrected chi connectivity index (χ1v) is 5.57. The minimum atomic E-state index is 0.449. The molecule has 1 heterocycles. The lowest BCUT2D eigenvalue weighted by Crippen LogP contribution is -1.95. The first-order valence-electron chi connectivity index (χ1n) is 5.16. The van der Waals surface area contributed by atoms with Crippen molar-refractivity contribution in [1.82, 2.24) is 4.98 Å². The van der Waals surface area contributed by atoms with E-state index >= 15 is 0 Å². The van der Waals surface area contributed by atoms with Crippen LogP contribution in [0.2, 0.25) is 0 Å². The molecule has 4 heteroatoms. The van der Waals surface area contributed by atoms with Gasteiger partial charge in [-0.25, -0.2) is 0 Å². The van der Waals surface area contributed by atoms with Crippen molar-refractivity contribution in [1.29, 1.82) is 5.26 Å². The SMILES string of the molecule is Cc1ccc(Nc2cc[nH]c(=S)c2C#N)cc1. The monoisotopic (exact) mass is 241 g/mol. The van der Waals surface area contributed by atoms with Gasteiger partial charge in [-0.1, -0.05) is 29.9 Å². The van der Waals surface area contributed by atoms with E-state index < -0.39 is 0 Å². The van der Waals surface area contributed by atoms with Gasteiger partial charge in [-0.15, -0.1) is 0 Å². The van der Waals surface area contributed by atoms with E-state index in [1.54, 1.807) is 12.3 Å². The number of aryl methyl sites for hydroxylation is 1. The second-order valence-electron chi connectivity index (χ2n) is 3.70. The quantitative estimate of drug-likeness (QED) is 0.789. The molecule has 1 aromatic heterocycles. The molecular formula is C13H11N3S. The van der Waals surface area contributed by atoms with Gasteiger partial charge in [-0.3, -0.25) is 0 Å². The third-order valence-corrected chi connectivity index (χ3v) is 2.73. The fourth-order valence-electron chi connectivity index (χ4n) is 1.49. The molecule has 2 rings (SSSR count). The van der Waals surface area contributed by atoms with Gasteiger partial charge in [0.15, 0.2) is 0 Å². The van der Waals surface area contributed by atoms with Crippen LogP contribution >= 0.6 is 12.2 Å². The number of aromatic nitrogens is 1. The molecule has 0 fully saturated rings. The zero-order valence-corrected chi connectivity index (χ0v) is 10.1. The first-order chi connectivity index (χ1) is 8.20. The van der Waals surface area contributed by atoms with E-state index in [1.165, 1.54) is 5.56 Å². The summed E-state index contributed by atoms with van der Waals surface area (Å²) < 4.78 is 0.449. The van der Waals surface area contributed by atoms with Crippen LogP contribution in [0.3, 0.4) is 0 Å². The maximum Gasteiger partial charge on any atom is 0.123 e. The normalized spacial score (nSPS) is 9.65. The Morgan fingerprint density at radius 1 is 1.24 bits per heavy atom. The zero-order valence-electron chi connectivity index (χ0n) is 9.32. The Hall–Kier alpha value is -2.12. The van der Waals surface area contributed by atoms with Crippen LogP contribution in [0.25, 0.3) is 0 Å². The largest absolute Gasteiger partial charge is 0.354 e. The van der Waals surface area contributed by atoms with Crippen LogP contribution in [-0.2, 0) is 0 Å². The molecule has 0 saturated heterocycles. The van der Waals surface area contributed by atoms with Gasteiger partial charge in [0.1, 0.15) is 16.3 Å². The molecule has 0 aliphatic heterocycles. The van der Waals surface area contributed by atoms with Crippen LogP contribution in [0.15, 0.2) is 36.5 Å². The van der Waals surface area contributed by atoms with Crippen molar-refractivity contribution in [3.63, 3.8) is 0 Å². The van der Waals surface area contributed by atoms with Crippen molar-refractivity contribution in [3.05, 3.63) is 52.3 Å². The van der Waals surface area contributed by atoms with Crippen LogP contribution < -0.4 is 5.32 Å². The fourth-order valence-corrected chi connectivity index (χ4v) is 1.71. The number of nitrogens with zero attached hydrogens (tertiary/aromatic N) is 1. The van der Waals surface area contributed by atoms with E-state index in [0.717, 1.165) is 11.4 Å². The number of hydrogen-bond donors (Lipinski definition) is 2. The highest BCUT2D eigenvalue weighted by Crippen LogP contribution is 2.20. The van der Waals surface area contributed by atoms with Crippen molar-refractivity contribution in [2.24, 2.45) is 0 Å². The molecule has 0 unspecified atom stereocenters. The maximum atomic E-state index is 9.04. The Labute approximate surface area is 105 Å². The van der Waals surface area contributed by atoms with E-state index in [2.05, 4.69) is 16.4 Å². The fraction of sp³-hybridized carbons (Fsp3) is 0.0769. The molecule has 0 radical (unpaired) electrons. The van der Waals surface area contributed by atoms with Gasteiger partial charge in [0, 0.05) is 11.9 Å². The summed E-state index contributed by atoms with van der Waals surface area (Å²) in [4.78, 5) is 2.84. The van der Waals surface area contributed by atoms with Crippen molar-refractivity contribution in [2.45, 2.75) is 6.92 Å². The van der Waals surface area contributed by atoms with Gasteiger partial charge < -0.3 is 10.3 Å². The predicted molar refractivity (Wildman–Crippen MR) is 70.8 cm³/mol. The third-order valence-electron chi connectivity index (χ3n) is 2.40. The zero-order chi connectivity index (χ0) is 12.3. The second-order valence-corrected chi connectivity index (χ2v) is 4.11. The Morgan fingerprint density at radius 3 is 2.59 bits per heavy atom. The van der Waals surface area contributed by atoms with E-state index in [-0.39, 0.29) is 0 Å². The molecule has 0 atom stereocenters. The minimum Gasteiger partial charge on any atom is -0.354 e. The van der Waals surface area contributed by atoms with Crippen LogP contribution in [-0.4, -0.2) is 4.98 Å². The summed E-state index contributed by atoms with van der Waals surface area (Å²) in [6.45, 7) is 2.03. The number of nitrogens with one attached hydrogen (secondary N) is 2. The number of nitriles is 1. The number of H-pyrrole nitrogens is 1. The number of rotatable bonds is 2. The second kappa shape index (κ2) is 4.81. The standard InChI is InChI=1S/C13H11N3S/c1-9-2-4-10(5-3-9)16-12-6-7-15-13(17)11(12)8-14/h2-7H,1H3,(H2,15,16,17). The van der Waals surface area contributed by atoms with Gasteiger partial charge in [0.2, 0.25) is 0 Å². The molecule has 0 saturated carbocycles. The molecule has 0 spiro atoms. The highest BCUT2D eigenvalue weighted by molar-refractivity contribution is 7.71. The molecule has 1 aromatic carbocycles. The molecule has 2 N–H and O–H groups in total. The summed E-state index contributed by atoms with van der Waals surface area (Å²) in [5.41, 5.74) is 3.32. The van der Waals surface area contributed by atoms with Crippen molar-refractivity contribution in [2.75, 3.05) is 5.32 Å². The molecule has 0 aliphatic rings. The highest BCUT2D eigenvalue weighted by atomic mass is 32.1. The summed E-state index contributed by atoms with van der Waals surface area (Å²) in [6, 6.07) is 11.9. The Kier molecular flexibility index (Phi) is 3.22. The maximum absolute atomic E-state index is 9.04. The summed E-state index contributed by atoms with van der Waals surface area (Å²) in [5.74, 6) is 0. The number of pyridine rings is 1. The van der Waals surface area contributed by atoms with Gasteiger partial charge in [0.05, 0.1) is 5.69 Å². The van der Waals surface area contributed by atoms with E-state index in [0.29, 0.717) is 10.2 Å². The Balaban J connectivity index is 2.37. The van der Waals surface area contributed by atoms with Crippen LogP contribution in [0.4, 0.5) is 11.4 Å². The molecule has 0 aliphatic carbocycles. The summed E-state index contributed by atoms with van der Waals surface area (Å²) in [7, 11) is 0. The number of benzene rings is 1. The molecule has 84 valence electrons. The molecule has 0 amide bonds. The Morgan fingerprint density at radius 2 is 1.94 bits per heavy atom. The van der Waals surface area contributed by atoms with Gasteiger partial charge in [0.25, 0.3) is 0 Å². The first kappa shape index (κ1) is 11.4. The molecule has 0 bridgehead atoms. The molecule has 17 heavy (non-hydrogen) atoms. The van der Waals surface area contributed by atoms with Crippen LogP contribution in [0, 0.1) is 22.9 Å². The average Bonchev–Trinajstić information content (AvgIpc) is 2.32. The van der Waals surface area contributed by atoms with Crippen LogP contribution in [0.5, 0.6) is 0 Å². The lowest BCUT2D eigenvalue weighted by atomic mass is 10.2. The smallest absolute Gasteiger partial charge is 0.123 e. The van der Waals surface area contributed by atoms with Crippen LogP contribution in [0.1, 0.15) is 11.1 Å². The van der Waals surface area contributed by atoms with Crippen molar-refractivity contribution < 1.29 is 0 Å². The predicted octanol–water partition coefficient (Wildman–Crippen LogP) is 3.67. The summed E-state index contributed by atoms with van der Waals surface area (Å²) in [5, 5.41) is 12.2. The van der Waals surface area contributed by atoms with Crippen molar-refractivity contribution >= 4 is 23.6 Å².